The van der Waals surface area contributed by atoms with E-state index in [0.29, 0.717) is 11.0 Å². The number of amides is 1. The van der Waals surface area contributed by atoms with Gasteiger partial charge in [-0.25, -0.2) is 9.97 Å². The number of hydrogen-bond acceptors (Lipinski definition) is 6. The number of anilines is 2. The monoisotopic (exact) mass is 466 g/mol. The molecule has 0 spiro atoms. The van der Waals surface area contributed by atoms with Crippen LogP contribution in [0.25, 0.3) is 0 Å². The van der Waals surface area contributed by atoms with Gasteiger partial charge in [0.15, 0.2) is 5.76 Å². The lowest BCUT2D eigenvalue weighted by Crippen LogP contribution is -2.18. The van der Waals surface area contributed by atoms with E-state index in [1.807, 2.05) is 58.0 Å². The zero-order valence-corrected chi connectivity index (χ0v) is 19.8. The second kappa shape index (κ2) is 9.14. The number of furan rings is 1. The first-order chi connectivity index (χ1) is 15.3. The minimum atomic E-state index is -0.327. The molecule has 6 nitrogen and oxygen atoms in total. The Kier molecular flexibility index (Phi) is 6.30. The van der Waals surface area contributed by atoms with E-state index >= 15 is 0 Å². The number of halogens is 1. The molecule has 0 aliphatic rings. The molecule has 1 amide bonds. The molecule has 1 aromatic carbocycles. The predicted molar refractivity (Wildman–Crippen MR) is 129 cm³/mol. The largest absolute Gasteiger partial charge is 0.459 e. The molecule has 2 N–H and O–H groups in total. The van der Waals surface area contributed by atoms with Crippen molar-refractivity contribution in [3.8, 4) is 0 Å². The van der Waals surface area contributed by atoms with E-state index in [-0.39, 0.29) is 17.7 Å². The lowest BCUT2D eigenvalue weighted by molar-refractivity contribution is 0.0997. The van der Waals surface area contributed by atoms with Crippen molar-refractivity contribution in [1.82, 2.24) is 9.97 Å². The smallest absolute Gasteiger partial charge is 0.291 e. The lowest BCUT2D eigenvalue weighted by Gasteiger charge is -2.22. The molecule has 0 aliphatic carbocycles. The average Bonchev–Trinajstić information content (AvgIpc) is 3.35. The maximum atomic E-state index is 12.7. The van der Waals surface area contributed by atoms with Crippen LogP contribution in [0.2, 0.25) is 5.02 Å². The van der Waals surface area contributed by atoms with Crippen LogP contribution in [0.3, 0.4) is 0 Å². The summed E-state index contributed by atoms with van der Waals surface area (Å²) in [6, 6.07) is 12.6. The minimum absolute atomic E-state index is 0.254. The Morgan fingerprint density at radius 2 is 1.81 bits per heavy atom. The van der Waals surface area contributed by atoms with E-state index in [2.05, 4.69) is 20.6 Å². The molecule has 4 aromatic rings. The van der Waals surface area contributed by atoms with Gasteiger partial charge in [-0.3, -0.25) is 4.79 Å². The van der Waals surface area contributed by atoms with Crippen LogP contribution < -0.4 is 10.6 Å². The predicted octanol–water partition coefficient (Wildman–Crippen LogP) is 6.47. The van der Waals surface area contributed by atoms with E-state index in [0.717, 1.165) is 38.0 Å². The summed E-state index contributed by atoms with van der Waals surface area (Å²) in [4.78, 5) is 23.0. The van der Waals surface area contributed by atoms with Crippen molar-refractivity contribution < 1.29 is 9.21 Å². The van der Waals surface area contributed by atoms with Gasteiger partial charge in [0.25, 0.3) is 5.91 Å². The number of aromatic nitrogens is 2. The number of nitrogens with one attached hydrogen (secondary N) is 2. The number of hydrogen-bond donors (Lipinski definition) is 2. The Bertz CT molecular complexity index is 1250. The SMILES string of the molecule is Cc1cc(C)nc(N[C@@H](c2cccc(Cl)c2)c2c(NC(=O)c3ccco3)sc(C)c2C)n1. The molecule has 0 unspecified atom stereocenters. The van der Waals surface area contributed by atoms with Crippen LogP contribution in [-0.2, 0) is 0 Å². The van der Waals surface area contributed by atoms with E-state index in [9.17, 15) is 4.79 Å². The Balaban J connectivity index is 1.81. The number of rotatable bonds is 6. The third-order valence-corrected chi connectivity index (χ3v) is 6.50. The van der Waals surface area contributed by atoms with Gasteiger partial charge in [-0.1, -0.05) is 23.7 Å². The first kappa shape index (κ1) is 22.0. The molecule has 32 heavy (non-hydrogen) atoms. The Morgan fingerprint density at radius 3 is 2.47 bits per heavy atom. The average molecular weight is 467 g/mol. The van der Waals surface area contributed by atoms with Crippen molar-refractivity contribution in [3.05, 3.63) is 92.5 Å². The summed E-state index contributed by atoms with van der Waals surface area (Å²) >= 11 is 7.85. The molecule has 3 aromatic heterocycles. The van der Waals surface area contributed by atoms with Gasteiger partial charge in [0.05, 0.1) is 12.3 Å². The Labute approximate surface area is 195 Å². The maximum Gasteiger partial charge on any atom is 0.291 e. The number of carbonyl (C=O) groups is 1. The van der Waals surface area contributed by atoms with Gasteiger partial charge in [-0.05, 0) is 69.2 Å². The molecular formula is C24H23ClN4O2S. The second-order valence-electron chi connectivity index (χ2n) is 7.56. The van der Waals surface area contributed by atoms with Crippen molar-refractivity contribution in [1.29, 1.82) is 0 Å². The molecule has 0 aliphatic heterocycles. The first-order valence-corrected chi connectivity index (χ1v) is 11.3. The van der Waals surface area contributed by atoms with Crippen LogP contribution >= 0.6 is 22.9 Å². The highest BCUT2D eigenvalue weighted by Gasteiger charge is 2.26. The summed E-state index contributed by atoms with van der Waals surface area (Å²) in [7, 11) is 0. The van der Waals surface area contributed by atoms with E-state index in [4.69, 9.17) is 16.0 Å². The highest BCUT2D eigenvalue weighted by Crippen LogP contribution is 2.41. The van der Waals surface area contributed by atoms with E-state index < -0.39 is 0 Å². The number of thiophene rings is 1. The van der Waals surface area contributed by atoms with Crippen molar-refractivity contribution in [3.63, 3.8) is 0 Å². The van der Waals surface area contributed by atoms with Crippen LogP contribution in [0, 0.1) is 27.7 Å². The highest BCUT2D eigenvalue weighted by atomic mass is 35.5. The third-order valence-electron chi connectivity index (χ3n) is 5.13. The molecule has 3 heterocycles. The molecule has 0 saturated carbocycles. The van der Waals surface area contributed by atoms with Gasteiger partial charge in [0.2, 0.25) is 5.95 Å². The number of aryl methyl sites for hydroxylation is 3. The van der Waals surface area contributed by atoms with Gasteiger partial charge >= 0.3 is 0 Å². The fraction of sp³-hybridized carbons (Fsp3) is 0.208. The van der Waals surface area contributed by atoms with Crippen LogP contribution in [0.5, 0.6) is 0 Å². The molecule has 0 fully saturated rings. The summed E-state index contributed by atoms with van der Waals surface area (Å²) in [6.07, 6.45) is 1.48. The van der Waals surface area contributed by atoms with E-state index in [1.54, 1.807) is 12.1 Å². The zero-order valence-electron chi connectivity index (χ0n) is 18.2. The highest BCUT2D eigenvalue weighted by molar-refractivity contribution is 7.16. The van der Waals surface area contributed by atoms with Gasteiger partial charge in [0, 0.05) is 26.9 Å². The fourth-order valence-corrected chi connectivity index (χ4v) is 4.88. The molecule has 4 rings (SSSR count). The summed E-state index contributed by atoms with van der Waals surface area (Å²) in [6.45, 7) is 7.95. The number of carbonyl (C=O) groups excluding carboxylic acids is 1. The van der Waals surface area contributed by atoms with Crippen LogP contribution in [0.4, 0.5) is 10.9 Å². The summed E-state index contributed by atoms with van der Waals surface area (Å²) in [5.74, 6) is 0.466. The summed E-state index contributed by atoms with van der Waals surface area (Å²) in [5.41, 5.74) is 4.70. The Hall–Kier alpha value is -3.16. The van der Waals surface area contributed by atoms with Crippen LogP contribution in [-0.4, -0.2) is 15.9 Å². The van der Waals surface area contributed by atoms with Gasteiger partial charge in [0.1, 0.15) is 5.00 Å². The normalized spacial score (nSPS) is 11.9. The third kappa shape index (κ3) is 4.69. The standard InChI is InChI=1S/C24H23ClN4O2S/c1-13-11-14(2)27-24(26-13)28-21(17-7-5-8-18(25)12-17)20-15(3)16(4)32-23(20)29-22(30)19-9-6-10-31-19/h5-12,21H,1-4H3,(H,29,30)(H,26,27,28)/t21-/m0/s1. The number of nitrogens with zero attached hydrogens (tertiary/aromatic N) is 2. The number of benzene rings is 1. The summed E-state index contributed by atoms with van der Waals surface area (Å²) in [5, 5.41) is 7.86. The first-order valence-electron chi connectivity index (χ1n) is 10.1. The van der Waals surface area contributed by atoms with Crippen molar-refractivity contribution in [2.45, 2.75) is 33.7 Å². The lowest BCUT2D eigenvalue weighted by atomic mass is 9.96. The summed E-state index contributed by atoms with van der Waals surface area (Å²) < 4.78 is 5.27. The van der Waals surface area contributed by atoms with Gasteiger partial charge in [-0.2, -0.15) is 0 Å². The van der Waals surface area contributed by atoms with Crippen LogP contribution in [0.15, 0.2) is 53.1 Å². The molecule has 164 valence electrons. The fourth-order valence-electron chi connectivity index (χ4n) is 3.59. The molecule has 0 radical (unpaired) electrons. The van der Waals surface area contributed by atoms with Crippen molar-refractivity contribution >= 4 is 39.8 Å². The Morgan fingerprint density at radius 1 is 1.06 bits per heavy atom. The van der Waals surface area contributed by atoms with Crippen molar-refractivity contribution in [2.24, 2.45) is 0 Å². The zero-order chi connectivity index (χ0) is 22.8. The van der Waals surface area contributed by atoms with E-state index in [1.165, 1.54) is 17.6 Å². The molecule has 0 saturated heterocycles. The minimum Gasteiger partial charge on any atom is -0.459 e. The molecule has 0 bridgehead atoms. The van der Waals surface area contributed by atoms with Gasteiger partial charge in [-0.15, -0.1) is 11.3 Å². The van der Waals surface area contributed by atoms with Crippen molar-refractivity contribution in [2.75, 3.05) is 10.6 Å². The topological polar surface area (TPSA) is 80.0 Å². The van der Waals surface area contributed by atoms with Gasteiger partial charge < -0.3 is 15.1 Å². The molecule has 1 atom stereocenters. The molecular weight excluding hydrogens is 444 g/mol. The maximum absolute atomic E-state index is 12.7. The van der Waals surface area contributed by atoms with Crippen LogP contribution in [0.1, 0.15) is 49.6 Å². The second-order valence-corrected chi connectivity index (χ2v) is 9.23. The molecule has 8 heteroatoms. The quantitative estimate of drug-likeness (QED) is 0.340.